The summed E-state index contributed by atoms with van der Waals surface area (Å²) in [6.07, 6.45) is 1.95. The van der Waals surface area contributed by atoms with Gasteiger partial charge in [-0.05, 0) is 77.0 Å². The van der Waals surface area contributed by atoms with Gasteiger partial charge in [0.05, 0.1) is 22.9 Å². The number of nitrogens with zero attached hydrogens (tertiary/aromatic N) is 2. The largest absolute Gasteiger partial charge is 0.455 e. The first-order valence-electron chi connectivity index (χ1n) is 20.8. The van der Waals surface area contributed by atoms with E-state index in [0.717, 1.165) is 71.5 Å². The highest BCUT2D eigenvalue weighted by Gasteiger charge is 2.19. The molecule has 0 radical (unpaired) electrons. The van der Waals surface area contributed by atoms with Crippen molar-refractivity contribution in [1.82, 2.24) is 9.97 Å². The van der Waals surface area contributed by atoms with Crippen LogP contribution in [0.5, 0.6) is 0 Å². The minimum absolute atomic E-state index is 0.864. The number of para-hydroxylation sites is 2. The highest BCUT2D eigenvalue weighted by molar-refractivity contribution is 6.23. The number of hydrogen-bond acceptors (Lipinski definition) is 3. The minimum atomic E-state index is 0.864. The van der Waals surface area contributed by atoms with Crippen LogP contribution in [0.4, 0.5) is 0 Å². The lowest BCUT2D eigenvalue weighted by Gasteiger charge is -2.17. The summed E-state index contributed by atoms with van der Waals surface area (Å²) in [5.41, 5.74) is 12.7. The Labute approximate surface area is 350 Å². The molecule has 0 aliphatic heterocycles. The van der Waals surface area contributed by atoms with Crippen molar-refractivity contribution in [2.45, 2.75) is 0 Å². The van der Waals surface area contributed by atoms with Crippen LogP contribution < -0.4 is 0 Å². The second-order valence-corrected chi connectivity index (χ2v) is 15.9. The monoisotopic (exact) mass is 774 g/mol. The van der Waals surface area contributed by atoms with Crippen LogP contribution in [0.25, 0.3) is 131 Å². The molecule has 13 rings (SSSR count). The van der Waals surface area contributed by atoms with E-state index in [9.17, 15) is 0 Å². The Bertz CT molecular complexity index is 3920. The van der Waals surface area contributed by atoms with Crippen LogP contribution in [0.2, 0.25) is 0 Å². The van der Waals surface area contributed by atoms with Crippen LogP contribution in [0.3, 0.4) is 0 Å². The third-order valence-electron chi connectivity index (χ3n) is 12.8. The van der Waals surface area contributed by atoms with Gasteiger partial charge in [-0.25, -0.2) is 4.98 Å². The third kappa shape index (κ3) is 5.04. The van der Waals surface area contributed by atoms with Gasteiger partial charge in [0, 0.05) is 32.7 Å². The molecule has 13 aromatic rings. The van der Waals surface area contributed by atoms with Gasteiger partial charge in [-0.2, -0.15) is 0 Å². The van der Waals surface area contributed by atoms with Crippen molar-refractivity contribution in [2.75, 3.05) is 0 Å². The standard InChI is InChI=1S/C58H34N2O/c1-2-15-36-35(14-1)43(45-30-31-47(38-17-4-3-16-37(38)45)52-25-13-26-53-49-22-11-12-27-55(49)61-58(52)53)28-29-44(36)46-32-33-48(40-19-6-5-18-39(40)46)54-34-59-56-50-23-9-7-20-41(50)42-21-8-10-24-51(42)57(56)60-54/h1-34H. The van der Waals surface area contributed by atoms with E-state index in [1.807, 2.05) is 12.3 Å². The van der Waals surface area contributed by atoms with Gasteiger partial charge in [0.2, 0.25) is 0 Å². The van der Waals surface area contributed by atoms with Crippen molar-refractivity contribution >= 4 is 86.8 Å². The first kappa shape index (κ1) is 33.8. The smallest absolute Gasteiger partial charge is 0.143 e. The van der Waals surface area contributed by atoms with Crippen LogP contribution in [0.15, 0.2) is 211 Å². The molecule has 0 amide bonds. The molecule has 0 atom stereocenters. The number of benzene rings is 11. The molecule has 0 saturated carbocycles. The molecule has 3 nitrogen and oxygen atoms in total. The van der Waals surface area contributed by atoms with E-state index in [2.05, 4.69) is 194 Å². The molecule has 0 aliphatic rings. The topological polar surface area (TPSA) is 38.9 Å². The molecule has 0 aliphatic carbocycles. The van der Waals surface area contributed by atoms with Crippen LogP contribution in [0.1, 0.15) is 0 Å². The molecule has 0 saturated heterocycles. The summed E-state index contributed by atoms with van der Waals surface area (Å²) in [6.45, 7) is 0. The molecule has 0 bridgehead atoms. The van der Waals surface area contributed by atoms with Crippen molar-refractivity contribution in [2.24, 2.45) is 0 Å². The summed E-state index contributed by atoms with van der Waals surface area (Å²) in [5.74, 6) is 0. The number of furan rings is 1. The van der Waals surface area contributed by atoms with Crippen molar-refractivity contribution < 1.29 is 4.42 Å². The van der Waals surface area contributed by atoms with E-state index in [1.54, 1.807) is 0 Å². The first-order valence-corrected chi connectivity index (χ1v) is 20.8. The zero-order valence-corrected chi connectivity index (χ0v) is 32.9. The Morgan fingerprint density at radius 1 is 0.262 bits per heavy atom. The predicted molar refractivity (Wildman–Crippen MR) is 256 cm³/mol. The van der Waals surface area contributed by atoms with Gasteiger partial charge in [-0.1, -0.05) is 194 Å². The van der Waals surface area contributed by atoms with Crippen molar-refractivity contribution in [3.63, 3.8) is 0 Å². The lowest BCUT2D eigenvalue weighted by molar-refractivity contribution is 0.670. The average molecular weight is 775 g/mol. The van der Waals surface area contributed by atoms with Crippen molar-refractivity contribution in [3.05, 3.63) is 206 Å². The lowest BCUT2D eigenvalue weighted by Crippen LogP contribution is -1.94. The molecule has 3 heteroatoms. The maximum Gasteiger partial charge on any atom is 0.143 e. The van der Waals surface area contributed by atoms with E-state index in [1.165, 1.54) is 60.0 Å². The van der Waals surface area contributed by atoms with E-state index >= 15 is 0 Å². The second-order valence-electron chi connectivity index (χ2n) is 15.9. The Morgan fingerprint density at radius 2 is 0.639 bits per heavy atom. The summed E-state index contributed by atoms with van der Waals surface area (Å²) >= 11 is 0. The molecule has 0 unspecified atom stereocenters. The summed E-state index contributed by atoms with van der Waals surface area (Å²) in [4.78, 5) is 10.5. The molecule has 282 valence electrons. The molecule has 2 heterocycles. The van der Waals surface area contributed by atoms with Gasteiger partial charge in [0.1, 0.15) is 11.2 Å². The number of aromatic nitrogens is 2. The van der Waals surface area contributed by atoms with Gasteiger partial charge in [0.25, 0.3) is 0 Å². The first-order chi connectivity index (χ1) is 30.3. The quantitative estimate of drug-likeness (QED) is 0.167. The van der Waals surface area contributed by atoms with Crippen molar-refractivity contribution in [1.29, 1.82) is 0 Å². The second kappa shape index (κ2) is 13.2. The molecule has 2 aromatic heterocycles. The third-order valence-corrected chi connectivity index (χ3v) is 12.8. The van der Waals surface area contributed by atoms with Crippen LogP contribution in [-0.4, -0.2) is 9.97 Å². The van der Waals surface area contributed by atoms with E-state index in [4.69, 9.17) is 14.4 Å². The van der Waals surface area contributed by atoms with E-state index < -0.39 is 0 Å². The fraction of sp³-hybridized carbons (Fsp3) is 0. The number of hydrogen-bond donors (Lipinski definition) is 0. The Kier molecular flexibility index (Phi) is 7.31. The molecule has 0 N–H and O–H groups in total. The van der Waals surface area contributed by atoms with Gasteiger partial charge >= 0.3 is 0 Å². The van der Waals surface area contributed by atoms with Crippen LogP contribution >= 0.6 is 0 Å². The molecular formula is C58H34N2O. The average Bonchev–Trinajstić information content (AvgIpc) is 3.72. The molecular weight excluding hydrogens is 741 g/mol. The summed E-state index contributed by atoms with van der Waals surface area (Å²) in [5, 5.41) is 14.0. The Hall–Kier alpha value is -8.14. The highest BCUT2D eigenvalue weighted by atomic mass is 16.3. The Morgan fingerprint density at radius 3 is 1.16 bits per heavy atom. The van der Waals surface area contributed by atoms with Gasteiger partial charge in [-0.15, -0.1) is 0 Å². The number of fused-ring (bicyclic) bond motifs is 12. The Balaban J connectivity index is 0.965. The summed E-state index contributed by atoms with van der Waals surface area (Å²) in [7, 11) is 0. The van der Waals surface area contributed by atoms with Crippen LogP contribution in [0, 0.1) is 0 Å². The lowest BCUT2D eigenvalue weighted by atomic mass is 9.86. The van der Waals surface area contributed by atoms with Gasteiger partial charge in [0.15, 0.2) is 0 Å². The highest BCUT2D eigenvalue weighted by Crippen LogP contribution is 2.45. The summed E-state index contributed by atoms with van der Waals surface area (Å²) < 4.78 is 6.52. The SMILES string of the molecule is c1ccc2c(c1)oc1c(-c3ccc(-c4ccc(-c5ccc(-c6cnc7c8ccccc8c8ccccc8c7n6)c6ccccc56)c5ccccc45)c4ccccc34)cccc12. The predicted octanol–water partition coefficient (Wildman–Crippen LogP) is 16.0. The fourth-order valence-electron chi connectivity index (χ4n) is 10.0. The molecule has 11 aromatic carbocycles. The molecule has 61 heavy (non-hydrogen) atoms. The minimum Gasteiger partial charge on any atom is -0.455 e. The maximum absolute atomic E-state index is 6.52. The van der Waals surface area contributed by atoms with E-state index in [0.29, 0.717) is 0 Å². The van der Waals surface area contributed by atoms with Gasteiger partial charge < -0.3 is 4.42 Å². The number of rotatable bonds is 4. The zero-order valence-electron chi connectivity index (χ0n) is 32.9. The molecule has 0 fully saturated rings. The van der Waals surface area contributed by atoms with Crippen molar-refractivity contribution in [3.8, 4) is 44.6 Å². The van der Waals surface area contributed by atoms with Crippen LogP contribution in [-0.2, 0) is 0 Å². The van der Waals surface area contributed by atoms with E-state index in [-0.39, 0.29) is 0 Å². The molecule has 0 spiro atoms. The van der Waals surface area contributed by atoms with Gasteiger partial charge in [-0.3, -0.25) is 4.98 Å². The normalized spacial score (nSPS) is 11.9. The fourth-order valence-corrected chi connectivity index (χ4v) is 10.0. The maximum atomic E-state index is 6.52. The summed E-state index contributed by atoms with van der Waals surface area (Å²) in [6, 6.07) is 71.8. The zero-order chi connectivity index (χ0) is 40.0.